The van der Waals surface area contributed by atoms with Crippen LogP contribution in [0.5, 0.6) is 0 Å². The van der Waals surface area contributed by atoms with Gasteiger partial charge in [0.05, 0.1) is 0 Å². The van der Waals surface area contributed by atoms with Crippen LogP contribution in [0.15, 0.2) is 6.07 Å². The van der Waals surface area contributed by atoms with Gasteiger partial charge in [0, 0.05) is 12.1 Å². The van der Waals surface area contributed by atoms with E-state index < -0.39 is 0 Å². The molecule has 16 heavy (non-hydrogen) atoms. The number of nitrogen functional groups attached to an aromatic ring is 2. The summed E-state index contributed by atoms with van der Waals surface area (Å²) < 4.78 is 0. The van der Waals surface area contributed by atoms with Crippen LogP contribution in [-0.4, -0.2) is 41.0 Å². The van der Waals surface area contributed by atoms with Crippen molar-refractivity contribution in [3.05, 3.63) is 6.07 Å². The monoisotopic (exact) mass is 222 g/mol. The summed E-state index contributed by atoms with van der Waals surface area (Å²) in [5, 5.41) is 3.35. The Morgan fingerprint density at radius 1 is 1.31 bits per heavy atom. The second-order valence-corrected chi connectivity index (χ2v) is 4.26. The zero-order chi connectivity index (χ0) is 11.5. The molecule has 2 rings (SSSR count). The summed E-state index contributed by atoms with van der Waals surface area (Å²) in [5.41, 5.74) is 11.1. The van der Waals surface area contributed by atoms with E-state index in [4.69, 9.17) is 11.5 Å². The second-order valence-electron chi connectivity index (χ2n) is 4.26. The van der Waals surface area contributed by atoms with Crippen molar-refractivity contribution in [3.63, 3.8) is 0 Å². The molecule has 1 aromatic rings. The van der Waals surface area contributed by atoms with E-state index in [0.29, 0.717) is 11.9 Å². The van der Waals surface area contributed by atoms with Gasteiger partial charge in [-0.1, -0.05) is 0 Å². The lowest BCUT2D eigenvalue weighted by Gasteiger charge is -2.29. The van der Waals surface area contributed by atoms with Crippen LogP contribution in [0, 0.1) is 0 Å². The van der Waals surface area contributed by atoms with Crippen molar-refractivity contribution in [1.29, 1.82) is 0 Å². The quantitative estimate of drug-likeness (QED) is 0.659. The Labute approximate surface area is 95.0 Å². The first kappa shape index (κ1) is 10.9. The first-order chi connectivity index (χ1) is 7.63. The number of rotatable bonds is 2. The molecule has 5 N–H and O–H groups in total. The Hall–Kier alpha value is -1.56. The molecule has 1 aliphatic heterocycles. The Morgan fingerprint density at radius 3 is 2.62 bits per heavy atom. The van der Waals surface area contributed by atoms with Gasteiger partial charge in [0.2, 0.25) is 5.95 Å². The standard InChI is InChI=1S/C10H18N6/c1-16-4-2-7(3-5-16)13-9-6-8(11)14-10(12)15-9/h6-7H,2-5H2,1H3,(H5,11,12,13,14,15). The topological polar surface area (TPSA) is 93.1 Å². The third kappa shape index (κ3) is 2.73. The van der Waals surface area contributed by atoms with Gasteiger partial charge in [-0.2, -0.15) is 9.97 Å². The highest BCUT2D eigenvalue weighted by Crippen LogP contribution is 2.16. The third-order valence-corrected chi connectivity index (χ3v) is 2.83. The number of anilines is 3. The largest absolute Gasteiger partial charge is 0.383 e. The average molecular weight is 222 g/mol. The van der Waals surface area contributed by atoms with Crippen LogP contribution in [0.1, 0.15) is 12.8 Å². The van der Waals surface area contributed by atoms with Crippen LogP contribution in [-0.2, 0) is 0 Å². The molecular formula is C10H18N6. The molecule has 1 fully saturated rings. The third-order valence-electron chi connectivity index (χ3n) is 2.83. The number of nitrogens with one attached hydrogen (secondary N) is 1. The molecule has 1 aromatic heterocycles. The average Bonchev–Trinajstić information content (AvgIpc) is 2.20. The van der Waals surface area contributed by atoms with Crippen LogP contribution >= 0.6 is 0 Å². The molecular weight excluding hydrogens is 204 g/mol. The summed E-state index contributed by atoms with van der Waals surface area (Å²) in [7, 11) is 2.14. The summed E-state index contributed by atoms with van der Waals surface area (Å²) in [6.07, 6.45) is 2.22. The van der Waals surface area contributed by atoms with Gasteiger partial charge in [0.25, 0.3) is 0 Å². The lowest BCUT2D eigenvalue weighted by Crippen LogP contribution is -2.36. The first-order valence-corrected chi connectivity index (χ1v) is 5.48. The smallest absolute Gasteiger partial charge is 0.223 e. The zero-order valence-corrected chi connectivity index (χ0v) is 9.48. The molecule has 0 amide bonds. The molecule has 0 aliphatic carbocycles. The van der Waals surface area contributed by atoms with Gasteiger partial charge in [0.1, 0.15) is 11.6 Å². The number of piperidine rings is 1. The molecule has 88 valence electrons. The van der Waals surface area contributed by atoms with Gasteiger partial charge in [-0.15, -0.1) is 0 Å². The number of hydrogen-bond acceptors (Lipinski definition) is 6. The summed E-state index contributed by atoms with van der Waals surface area (Å²) in [6.45, 7) is 2.21. The van der Waals surface area contributed by atoms with Crippen molar-refractivity contribution in [2.75, 3.05) is 36.9 Å². The van der Waals surface area contributed by atoms with Crippen LogP contribution in [0.25, 0.3) is 0 Å². The Kier molecular flexibility index (Phi) is 3.09. The second kappa shape index (κ2) is 4.52. The Balaban J connectivity index is 1.98. The van der Waals surface area contributed by atoms with Crippen LogP contribution in [0.2, 0.25) is 0 Å². The number of nitrogens with zero attached hydrogens (tertiary/aromatic N) is 3. The minimum atomic E-state index is 0.218. The van der Waals surface area contributed by atoms with Gasteiger partial charge >= 0.3 is 0 Å². The summed E-state index contributed by atoms with van der Waals surface area (Å²) in [4.78, 5) is 10.3. The van der Waals surface area contributed by atoms with Crippen molar-refractivity contribution in [2.24, 2.45) is 0 Å². The Bertz CT molecular complexity index is 338. The molecule has 0 spiro atoms. The van der Waals surface area contributed by atoms with E-state index >= 15 is 0 Å². The SMILES string of the molecule is CN1CCC(Nc2cc(N)nc(N)n2)CC1. The number of hydrogen-bond donors (Lipinski definition) is 3. The van der Waals surface area contributed by atoms with E-state index in [9.17, 15) is 0 Å². The van der Waals surface area contributed by atoms with E-state index in [-0.39, 0.29) is 5.95 Å². The molecule has 1 saturated heterocycles. The summed E-state index contributed by atoms with van der Waals surface area (Å²) in [6, 6.07) is 2.17. The van der Waals surface area contributed by atoms with Gasteiger partial charge < -0.3 is 21.7 Å². The maximum Gasteiger partial charge on any atom is 0.223 e. The van der Waals surface area contributed by atoms with E-state index in [1.54, 1.807) is 6.07 Å². The molecule has 0 saturated carbocycles. The highest BCUT2D eigenvalue weighted by Gasteiger charge is 2.16. The van der Waals surface area contributed by atoms with E-state index in [1.807, 2.05) is 0 Å². The maximum absolute atomic E-state index is 5.61. The summed E-state index contributed by atoms with van der Waals surface area (Å²) in [5.74, 6) is 1.35. The molecule has 0 aromatic carbocycles. The molecule has 0 radical (unpaired) electrons. The minimum Gasteiger partial charge on any atom is -0.383 e. The number of likely N-dealkylation sites (tertiary alicyclic amines) is 1. The lowest BCUT2D eigenvalue weighted by molar-refractivity contribution is 0.263. The molecule has 1 aliphatic rings. The predicted octanol–water partition coefficient (Wildman–Crippen LogP) is 0.147. The van der Waals surface area contributed by atoms with Crippen molar-refractivity contribution in [1.82, 2.24) is 14.9 Å². The zero-order valence-electron chi connectivity index (χ0n) is 9.48. The van der Waals surface area contributed by atoms with Crippen molar-refractivity contribution in [2.45, 2.75) is 18.9 Å². The highest BCUT2D eigenvalue weighted by molar-refractivity contribution is 5.48. The van der Waals surface area contributed by atoms with Gasteiger partial charge in [-0.3, -0.25) is 0 Å². The van der Waals surface area contributed by atoms with Gasteiger partial charge in [-0.25, -0.2) is 0 Å². The number of nitrogens with two attached hydrogens (primary N) is 2. The molecule has 0 bridgehead atoms. The maximum atomic E-state index is 5.61. The summed E-state index contributed by atoms with van der Waals surface area (Å²) >= 11 is 0. The van der Waals surface area contributed by atoms with Crippen LogP contribution in [0.4, 0.5) is 17.6 Å². The minimum absolute atomic E-state index is 0.218. The normalized spacial score (nSPS) is 18.6. The van der Waals surface area contributed by atoms with Crippen molar-refractivity contribution >= 4 is 17.6 Å². The van der Waals surface area contributed by atoms with Gasteiger partial charge in [0.15, 0.2) is 0 Å². The molecule has 0 unspecified atom stereocenters. The molecule has 6 nitrogen and oxygen atoms in total. The fraction of sp³-hybridized carbons (Fsp3) is 0.600. The number of aromatic nitrogens is 2. The van der Waals surface area contributed by atoms with Gasteiger partial charge in [-0.05, 0) is 33.0 Å². The van der Waals surface area contributed by atoms with Crippen molar-refractivity contribution in [3.8, 4) is 0 Å². The first-order valence-electron chi connectivity index (χ1n) is 5.48. The highest BCUT2D eigenvalue weighted by atomic mass is 15.1. The fourth-order valence-electron chi connectivity index (χ4n) is 1.92. The lowest BCUT2D eigenvalue weighted by atomic mass is 10.1. The van der Waals surface area contributed by atoms with Crippen molar-refractivity contribution < 1.29 is 0 Å². The van der Waals surface area contributed by atoms with E-state index in [0.717, 1.165) is 31.7 Å². The fourth-order valence-corrected chi connectivity index (χ4v) is 1.92. The predicted molar refractivity (Wildman–Crippen MR) is 65.0 cm³/mol. The Morgan fingerprint density at radius 2 is 2.00 bits per heavy atom. The van der Waals surface area contributed by atoms with Crippen LogP contribution < -0.4 is 16.8 Å². The molecule has 0 atom stereocenters. The van der Waals surface area contributed by atoms with Crippen LogP contribution in [0.3, 0.4) is 0 Å². The molecule has 2 heterocycles. The van der Waals surface area contributed by atoms with E-state index in [2.05, 4.69) is 27.2 Å². The van der Waals surface area contributed by atoms with E-state index in [1.165, 1.54) is 0 Å². The molecule has 6 heteroatoms.